The van der Waals surface area contributed by atoms with Crippen LogP contribution in [0.15, 0.2) is 0 Å². The van der Waals surface area contributed by atoms with Crippen LogP contribution in [-0.2, 0) is 4.79 Å². The van der Waals surface area contributed by atoms with Crippen LogP contribution in [0.5, 0.6) is 0 Å². The van der Waals surface area contributed by atoms with Crippen LogP contribution < -0.4 is 10.6 Å². The Bertz CT molecular complexity index is 422. The second kappa shape index (κ2) is 18.6. The molecule has 2 unspecified atom stereocenters. The quantitative estimate of drug-likeness (QED) is 0.107. The van der Waals surface area contributed by atoms with Gasteiger partial charge in [0.15, 0.2) is 0 Å². The second-order valence-corrected chi connectivity index (χ2v) is 10.9. The number of unbranched alkanes of at least 4 members (excludes halogenated alkanes) is 7. The van der Waals surface area contributed by atoms with Gasteiger partial charge in [-0.05, 0) is 52.1 Å². The minimum absolute atomic E-state index is 0.126. The van der Waals surface area contributed by atoms with Gasteiger partial charge >= 0.3 is 5.97 Å². The fourth-order valence-electron chi connectivity index (χ4n) is 3.51. The molecule has 180 valence electrons. The van der Waals surface area contributed by atoms with E-state index in [0.717, 1.165) is 25.9 Å². The highest BCUT2D eigenvalue weighted by Gasteiger charge is 2.31. The molecule has 0 saturated carbocycles. The summed E-state index contributed by atoms with van der Waals surface area (Å²) in [6.07, 6.45) is 13.2. The maximum absolute atomic E-state index is 10.6. The van der Waals surface area contributed by atoms with Gasteiger partial charge in [-0.3, -0.25) is 4.79 Å². The highest BCUT2D eigenvalue weighted by Crippen LogP contribution is 2.28. The van der Waals surface area contributed by atoms with Crippen LogP contribution in [-0.4, -0.2) is 63.3 Å². The number of nitrogens with one attached hydrogen (secondary N) is 2. The Labute approximate surface area is 194 Å². The van der Waals surface area contributed by atoms with E-state index in [0.29, 0.717) is 12.8 Å². The second-order valence-electron chi connectivity index (χ2n) is 8.60. The van der Waals surface area contributed by atoms with Crippen molar-refractivity contribution in [3.05, 3.63) is 0 Å². The summed E-state index contributed by atoms with van der Waals surface area (Å²) in [6, 6.07) is -0.143. The van der Waals surface area contributed by atoms with E-state index < -0.39 is 12.1 Å². The van der Waals surface area contributed by atoms with E-state index in [1.165, 1.54) is 51.4 Å². The van der Waals surface area contributed by atoms with Crippen molar-refractivity contribution in [3.63, 3.8) is 0 Å². The zero-order valence-corrected chi connectivity index (χ0v) is 20.8. The average molecular weight is 467 g/mol. The van der Waals surface area contributed by atoms with Gasteiger partial charge in [-0.25, -0.2) is 0 Å². The Morgan fingerprint density at radius 1 is 1.10 bits per heavy atom. The van der Waals surface area contributed by atoms with Gasteiger partial charge in [-0.15, -0.1) is 0 Å². The number of carbonyl (C=O) groups is 1. The Morgan fingerprint density at radius 2 is 1.70 bits per heavy atom. The predicted octanol–water partition coefficient (Wildman–Crippen LogP) is 3.62. The maximum Gasteiger partial charge on any atom is 0.320 e. The Balaban J connectivity index is 0.000000579. The van der Waals surface area contributed by atoms with Crippen molar-refractivity contribution in [2.24, 2.45) is 0 Å². The summed E-state index contributed by atoms with van der Waals surface area (Å²) in [5, 5.41) is 32.8. The molecule has 1 fully saturated rings. The first-order valence-electron chi connectivity index (χ1n) is 11.6. The van der Waals surface area contributed by atoms with Gasteiger partial charge in [-0.2, -0.15) is 25.3 Å². The molecule has 0 bridgehead atoms. The molecule has 5 N–H and O–H groups in total. The molecule has 0 aromatic heterocycles. The molecule has 0 radical (unpaired) electrons. The summed E-state index contributed by atoms with van der Waals surface area (Å²) in [6.45, 7) is 5.87. The number of rotatable bonds is 16. The molecule has 8 heteroatoms. The van der Waals surface area contributed by atoms with Crippen LogP contribution in [0.4, 0.5) is 0 Å². The highest BCUT2D eigenvalue weighted by atomic mass is 32.2. The van der Waals surface area contributed by atoms with Crippen molar-refractivity contribution < 1.29 is 20.1 Å². The number of thiol groups is 2. The zero-order valence-electron chi connectivity index (χ0n) is 19.0. The number of aliphatic carboxylic acids is 1. The van der Waals surface area contributed by atoms with Crippen molar-refractivity contribution in [1.29, 1.82) is 0 Å². The third kappa shape index (κ3) is 18.8. The molecule has 0 aromatic carbocycles. The summed E-state index contributed by atoms with van der Waals surface area (Å²) < 4.78 is -0.328. The minimum atomic E-state index is -0.762. The van der Waals surface area contributed by atoms with Gasteiger partial charge < -0.3 is 26.0 Å². The molecule has 6 nitrogen and oxygen atoms in total. The summed E-state index contributed by atoms with van der Waals surface area (Å²) >= 11 is 8.58. The van der Waals surface area contributed by atoms with Crippen molar-refractivity contribution in [2.45, 2.75) is 113 Å². The Kier molecular flexibility index (Phi) is 18.6. The highest BCUT2D eigenvalue weighted by molar-refractivity contribution is 8.00. The van der Waals surface area contributed by atoms with Crippen LogP contribution in [0.1, 0.15) is 90.9 Å². The number of carboxylic acid groups (broad SMARTS) is 1. The first kappa shape index (κ1) is 30.0. The lowest BCUT2D eigenvalue weighted by molar-refractivity contribution is -0.139. The molecule has 0 aromatic rings. The molecule has 1 rings (SSSR count). The van der Waals surface area contributed by atoms with E-state index in [-0.39, 0.29) is 22.8 Å². The topological polar surface area (TPSA) is 102 Å². The van der Waals surface area contributed by atoms with Gasteiger partial charge in [-0.1, -0.05) is 51.9 Å². The largest absolute Gasteiger partial charge is 0.480 e. The number of hydrogen-bond donors (Lipinski definition) is 7. The van der Waals surface area contributed by atoms with Gasteiger partial charge in [0.1, 0.15) is 6.04 Å². The van der Waals surface area contributed by atoms with Crippen LogP contribution in [0.2, 0.25) is 0 Å². The summed E-state index contributed by atoms with van der Waals surface area (Å²) in [5.74, 6) is -0.762. The van der Waals surface area contributed by atoms with Crippen molar-refractivity contribution in [3.8, 4) is 0 Å². The molecule has 1 aliphatic rings. The maximum atomic E-state index is 10.6. The lowest BCUT2D eigenvalue weighted by Crippen LogP contribution is -2.37. The van der Waals surface area contributed by atoms with E-state index in [1.54, 1.807) is 0 Å². The number of hydrogen-bond acceptors (Lipinski definition) is 7. The van der Waals surface area contributed by atoms with Crippen molar-refractivity contribution in [1.82, 2.24) is 10.6 Å². The van der Waals surface area contributed by atoms with Gasteiger partial charge in [0.2, 0.25) is 0 Å². The number of aliphatic hydroxyl groups is 2. The molecular weight excluding hydrogens is 420 g/mol. The van der Waals surface area contributed by atoms with E-state index in [4.69, 9.17) is 15.3 Å². The van der Waals surface area contributed by atoms with E-state index in [9.17, 15) is 4.79 Å². The standard InChI is InChI=1S/C14H31NO2.C8H15NO2S2/c1-2-3-4-5-6-7-8-9-11-15-12-10-14(17)13-16;1-8(12,13)4-5-2-3-6(9-5)7(10)11/h14-17H,2-13H2,1H3;5-6,9,12-13H,2-4H2,1H3,(H,10,11)/t14-;/m0./s1. The molecule has 30 heavy (non-hydrogen) atoms. The minimum Gasteiger partial charge on any atom is -0.480 e. The number of carboxylic acids is 1. The zero-order chi connectivity index (χ0) is 22.8. The molecule has 1 aliphatic heterocycles. The third-order valence-corrected chi connectivity index (χ3v) is 5.61. The van der Waals surface area contributed by atoms with Gasteiger partial charge in [0, 0.05) is 6.04 Å². The third-order valence-electron chi connectivity index (χ3n) is 5.24. The SMILES string of the molecule is CC(S)(S)CC1CCC(C(=O)O)N1.CCCCCCCCCCNCC[C@H](O)CO. The van der Waals surface area contributed by atoms with Crippen LogP contribution in [0.25, 0.3) is 0 Å². The molecule has 0 spiro atoms. The van der Waals surface area contributed by atoms with Crippen LogP contribution in [0.3, 0.4) is 0 Å². The molecule has 1 heterocycles. The van der Waals surface area contributed by atoms with Crippen molar-refractivity contribution >= 4 is 31.2 Å². The first-order valence-corrected chi connectivity index (χ1v) is 12.5. The molecule has 1 saturated heterocycles. The van der Waals surface area contributed by atoms with Crippen molar-refractivity contribution in [2.75, 3.05) is 19.7 Å². The fraction of sp³-hybridized carbons (Fsp3) is 0.955. The molecule has 0 aliphatic carbocycles. The summed E-state index contributed by atoms with van der Waals surface area (Å²) in [4.78, 5) is 10.6. The first-order chi connectivity index (χ1) is 14.2. The fourth-order valence-corrected chi connectivity index (χ4v) is 3.95. The Morgan fingerprint density at radius 3 is 2.20 bits per heavy atom. The molecular formula is C22H46N2O4S2. The molecule has 3 atom stereocenters. The molecule has 0 amide bonds. The van der Waals surface area contributed by atoms with E-state index in [2.05, 4.69) is 42.8 Å². The van der Waals surface area contributed by atoms with E-state index >= 15 is 0 Å². The lowest BCUT2D eigenvalue weighted by Gasteiger charge is -2.21. The van der Waals surface area contributed by atoms with Crippen LogP contribution in [0, 0.1) is 0 Å². The summed E-state index contributed by atoms with van der Waals surface area (Å²) in [5.41, 5.74) is 0. The smallest absolute Gasteiger partial charge is 0.320 e. The number of aliphatic hydroxyl groups excluding tert-OH is 2. The van der Waals surface area contributed by atoms with E-state index in [1.807, 2.05) is 6.92 Å². The monoisotopic (exact) mass is 466 g/mol. The normalized spacial score (nSPS) is 19.9. The van der Waals surface area contributed by atoms with Gasteiger partial charge in [0.05, 0.1) is 16.8 Å². The predicted molar refractivity (Wildman–Crippen MR) is 132 cm³/mol. The van der Waals surface area contributed by atoms with Gasteiger partial charge in [0.25, 0.3) is 0 Å². The van der Waals surface area contributed by atoms with Crippen LogP contribution >= 0.6 is 25.3 Å². The average Bonchev–Trinajstić information content (AvgIpc) is 3.13. The lowest BCUT2D eigenvalue weighted by atomic mass is 10.1. The summed E-state index contributed by atoms with van der Waals surface area (Å²) in [7, 11) is 0. The Hall–Kier alpha value is 0.01000.